The van der Waals surface area contributed by atoms with E-state index in [9.17, 15) is 18.3 Å². The lowest BCUT2D eigenvalue weighted by atomic mass is 10.1. The van der Waals surface area contributed by atoms with Gasteiger partial charge < -0.3 is 10.4 Å². The van der Waals surface area contributed by atoms with E-state index in [1.807, 2.05) is 20.8 Å². The minimum Gasteiger partial charge on any atom is -0.385 e. The van der Waals surface area contributed by atoms with Gasteiger partial charge >= 0.3 is 6.18 Å². The number of aliphatic hydroxyl groups excluding tert-OH is 1. The molecule has 1 aromatic heterocycles. The third-order valence-corrected chi connectivity index (χ3v) is 2.28. The average Bonchev–Trinajstić information content (AvgIpc) is 2.24. The number of nitrogens with one attached hydrogen (secondary N) is 1. The molecule has 0 aliphatic rings. The number of aliphatic hydroxyl groups is 1. The minimum atomic E-state index is -4.42. The van der Waals surface area contributed by atoms with Crippen LogP contribution in [0, 0.1) is 0 Å². The molecule has 0 aliphatic carbocycles. The maximum absolute atomic E-state index is 12.5. The first-order valence-electron chi connectivity index (χ1n) is 5.56. The fourth-order valence-electron chi connectivity index (χ4n) is 1.31. The zero-order valence-electron chi connectivity index (χ0n) is 10.5. The molecule has 0 bridgehead atoms. The fourth-order valence-corrected chi connectivity index (χ4v) is 1.31. The van der Waals surface area contributed by atoms with Gasteiger partial charge in [-0.3, -0.25) is 4.98 Å². The summed E-state index contributed by atoms with van der Waals surface area (Å²) in [6.45, 7) is 5.86. The largest absolute Gasteiger partial charge is 0.416 e. The summed E-state index contributed by atoms with van der Waals surface area (Å²) in [5.41, 5.74) is -1.01. The number of hydrogen-bond acceptors (Lipinski definition) is 3. The zero-order chi connectivity index (χ0) is 14.0. The second-order valence-electron chi connectivity index (χ2n) is 5.11. The predicted octanol–water partition coefficient (Wildman–Crippen LogP) is 2.52. The summed E-state index contributed by atoms with van der Waals surface area (Å²) >= 11 is 0. The molecular formula is C12H17F3N2O. The third-order valence-electron chi connectivity index (χ3n) is 2.28. The van der Waals surface area contributed by atoms with E-state index in [2.05, 4.69) is 10.3 Å². The highest BCUT2D eigenvalue weighted by Gasteiger charge is 2.31. The Labute approximate surface area is 104 Å². The molecule has 6 heteroatoms. The molecule has 3 nitrogen and oxygen atoms in total. The summed E-state index contributed by atoms with van der Waals surface area (Å²) in [5.74, 6) is 0. The van der Waals surface area contributed by atoms with Crippen molar-refractivity contribution in [1.29, 1.82) is 0 Å². The molecule has 18 heavy (non-hydrogen) atoms. The van der Waals surface area contributed by atoms with Crippen LogP contribution in [-0.2, 0) is 6.18 Å². The molecule has 0 amide bonds. The summed E-state index contributed by atoms with van der Waals surface area (Å²) < 4.78 is 37.4. The zero-order valence-corrected chi connectivity index (χ0v) is 10.5. The molecular weight excluding hydrogens is 245 g/mol. The Hall–Kier alpha value is -1.14. The number of halogens is 3. The van der Waals surface area contributed by atoms with Crippen molar-refractivity contribution in [3.8, 4) is 0 Å². The average molecular weight is 262 g/mol. The van der Waals surface area contributed by atoms with Crippen LogP contribution in [0.15, 0.2) is 18.3 Å². The number of nitrogens with zero attached hydrogens (tertiary/aromatic N) is 1. The summed E-state index contributed by atoms with van der Waals surface area (Å²) in [6, 6.07) is 1.75. The minimum absolute atomic E-state index is 0.0153. The molecule has 0 aliphatic heterocycles. The van der Waals surface area contributed by atoms with Gasteiger partial charge in [0.05, 0.1) is 11.3 Å². The molecule has 102 valence electrons. The smallest absolute Gasteiger partial charge is 0.385 e. The van der Waals surface area contributed by atoms with Gasteiger partial charge in [0.25, 0.3) is 0 Å². The van der Waals surface area contributed by atoms with Gasteiger partial charge in [-0.05, 0) is 32.9 Å². The molecule has 0 fully saturated rings. The number of hydrogen-bond donors (Lipinski definition) is 2. The van der Waals surface area contributed by atoms with Crippen LogP contribution in [0.4, 0.5) is 13.2 Å². The van der Waals surface area contributed by atoms with E-state index < -0.39 is 17.8 Å². The van der Waals surface area contributed by atoms with Gasteiger partial charge in [-0.25, -0.2) is 0 Å². The van der Waals surface area contributed by atoms with E-state index in [1.165, 1.54) is 0 Å². The Bertz CT molecular complexity index is 399. The molecule has 1 atom stereocenters. The Kier molecular flexibility index (Phi) is 4.34. The Morgan fingerprint density at radius 1 is 1.33 bits per heavy atom. The maximum atomic E-state index is 12.5. The summed E-state index contributed by atoms with van der Waals surface area (Å²) in [5, 5.41) is 12.8. The van der Waals surface area contributed by atoms with Gasteiger partial charge in [-0.15, -0.1) is 0 Å². The number of aromatic nitrogens is 1. The van der Waals surface area contributed by atoms with Gasteiger partial charge in [-0.1, -0.05) is 0 Å². The highest BCUT2D eigenvalue weighted by atomic mass is 19.4. The van der Waals surface area contributed by atoms with E-state index in [4.69, 9.17) is 0 Å². The first kappa shape index (κ1) is 14.9. The number of β-amino-alcohol motifs (C(OH)–C–C–N with tert-alkyl or cyclic N) is 1. The first-order valence-corrected chi connectivity index (χ1v) is 5.56. The molecule has 0 radical (unpaired) electrons. The SMILES string of the molecule is CC(C)(C)NC[C@H](O)c1cc(C(F)(F)F)ccn1. The highest BCUT2D eigenvalue weighted by Crippen LogP contribution is 2.29. The second kappa shape index (κ2) is 5.24. The molecule has 0 aromatic carbocycles. The van der Waals surface area contributed by atoms with Crippen LogP contribution in [0.25, 0.3) is 0 Å². The highest BCUT2D eigenvalue weighted by molar-refractivity contribution is 5.20. The molecule has 1 aromatic rings. The van der Waals surface area contributed by atoms with E-state index in [0.29, 0.717) is 0 Å². The van der Waals surface area contributed by atoms with Crippen LogP contribution in [0.3, 0.4) is 0 Å². The molecule has 0 saturated carbocycles. The molecule has 0 unspecified atom stereocenters. The summed E-state index contributed by atoms with van der Waals surface area (Å²) in [4.78, 5) is 3.76. The quantitative estimate of drug-likeness (QED) is 0.879. The lowest BCUT2D eigenvalue weighted by Crippen LogP contribution is -2.38. The maximum Gasteiger partial charge on any atom is 0.416 e. The van der Waals surface area contributed by atoms with Crippen molar-refractivity contribution in [2.45, 2.75) is 38.6 Å². The molecule has 1 heterocycles. The Balaban J connectivity index is 2.78. The van der Waals surface area contributed by atoms with Gasteiger partial charge in [0.15, 0.2) is 0 Å². The molecule has 0 saturated heterocycles. The van der Waals surface area contributed by atoms with Gasteiger partial charge in [0, 0.05) is 18.3 Å². The standard InChI is InChI=1S/C12H17F3N2O/c1-11(2,3)17-7-10(18)9-6-8(4-5-16-9)12(13,14)15/h4-6,10,17-18H,7H2,1-3H3/t10-/m0/s1. The number of pyridine rings is 1. The predicted molar refractivity (Wildman–Crippen MR) is 62.0 cm³/mol. The van der Waals surface area contributed by atoms with Crippen LogP contribution in [0.1, 0.15) is 38.1 Å². The van der Waals surface area contributed by atoms with Crippen LogP contribution >= 0.6 is 0 Å². The van der Waals surface area contributed by atoms with Gasteiger partial charge in [0.1, 0.15) is 6.10 Å². The van der Waals surface area contributed by atoms with Crippen LogP contribution in [0.5, 0.6) is 0 Å². The van der Waals surface area contributed by atoms with Crippen molar-refractivity contribution >= 4 is 0 Å². The van der Waals surface area contributed by atoms with Crippen molar-refractivity contribution in [2.24, 2.45) is 0 Å². The number of alkyl halides is 3. The fraction of sp³-hybridized carbons (Fsp3) is 0.583. The third kappa shape index (κ3) is 4.62. The lowest BCUT2D eigenvalue weighted by Gasteiger charge is -2.22. The first-order chi connectivity index (χ1) is 8.09. The van der Waals surface area contributed by atoms with Crippen LogP contribution in [0.2, 0.25) is 0 Å². The van der Waals surface area contributed by atoms with Crippen LogP contribution in [-0.4, -0.2) is 22.2 Å². The van der Waals surface area contributed by atoms with Gasteiger partial charge in [-0.2, -0.15) is 13.2 Å². The van der Waals surface area contributed by atoms with Crippen molar-refractivity contribution < 1.29 is 18.3 Å². The Morgan fingerprint density at radius 3 is 2.44 bits per heavy atom. The van der Waals surface area contributed by atoms with E-state index in [1.54, 1.807) is 0 Å². The molecule has 2 N–H and O–H groups in total. The van der Waals surface area contributed by atoms with Crippen molar-refractivity contribution in [3.05, 3.63) is 29.6 Å². The van der Waals surface area contributed by atoms with Gasteiger partial charge in [0.2, 0.25) is 0 Å². The van der Waals surface area contributed by atoms with E-state index >= 15 is 0 Å². The van der Waals surface area contributed by atoms with Crippen LogP contribution < -0.4 is 5.32 Å². The number of rotatable bonds is 3. The van der Waals surface area contributed by atoms with Crippen molar-refractivity contribution in [1.82, 2.24) is 10.3 Å². The summed E-state index contributed by atoms with van der Waals surface area (Å²) in [7, 11) is 0. The Morgan fingerprint density at radius 2 is 1.94 bits per heavy atom. The van der Waals surface area contributed by atoms with Crippen molar-refractivity contribution in [2.75, 3.05) is 6.54 Å². The molecule has 1 rings (SSSR count). The van der Waals surface area contributed by atoms with E-state index in [0.717, 1.165) is 18.3 Å². The summed E-state index contributed by atoms with van der Waals surface area (Å²) in [6.07, 6.45) is -4.43. The monoisotopic (exact) mass is 262 g/mol. The van der Waals surface area contributed by atoms with E-state index in [-0.39, 0.29) is 17.8 Å². The second-order valence-corrected chi connectivity index (χ2v) is 5.11. The normalized spacial score (nSPS) is 14.6. The van der Waals surface area contributed by atoms with Crippen molar-refractivity contribution in [3.63, 3.8) is 0 Å². The topological polar surface area (TPSA) is 45.1 Å². The molecule has 0 spiro atoms. The lowest BCUT2D eigenvalue weighted by molar-refractivity contribution is -0.137.